The molecule has 118 valence electrons. The predicted octanol–water partition coefficient (Wildman–Crippen LogP) is 4.43. The van der Waals surface area contributed by atoms with Gasteiger partial charge >= 0.3 is 6.09 Å². The zero-order valence-corrected chi connectivity index (χ0v) is 14.5. The Morgan fingerprint density at radius 2 is 2.00 bits per heavy atom. The Labute approximate surface area is 145 Å². The summed E-state index contributed by atoms with van der Waals surface area (Å²) in [6.07, 6.45) is 0.158. The maximum absolute atomic E-state index is 11.6. The lowest BCUT2D eigenvalue weighted by atomic mass is 10.1. The van der Waals surface area contributed by atoms with Crippen molar-refractivity contribution in [2.75, 3.05) is 6.54 Å². The SMILES string of the molecule is Cc1cc(Br)ccc1C#CCCNC(=O)OCc1ccccc1. The fourth-order valence-electron chi connectivity index (χ4n) is 1.93. The van der Waals surface area contributed by atoms with Crippen molar-refractivity contribution in [1.29, 1.82) is 0 Å². The summed E-state index contributed by atoms with van der Waals surface area (Å²) >= 11 is 3.43. The van der Waals surface area contributed by atoms with Crippen molar-refractivity contribution >= 4 is 22.0 Å². The van der Waals surface area contributed by atoms with Crippen molar-refractivity contribution in [2.24, 2.45) is 0 Å². The van der Waals surface area contributed by atoms with Gasteiger partial charge in [-0.1, -0.05) is 58.1 Å². The summed E-state index contributed by atoms with van der Waals surface area (Å²) in [5, 5.41) is 2.69. The zero-order chi connectivity index (χ0) is 16.5. The second-order valence-electron chi connectivity index (χ2n) is 5.00. The van der Waals surface area contributed by atoms with Crippen molar-refractivity contribution in [3.05, 3.63) is 69.7 Å². The maximum Gasteiger partial charge on any atom is 0.407 e. The van der Waals surface area contributed by atoms with Gasteiger partial charge in [0.15, 0.2) is 0 Å². The standard InChI is InChI=1S/C19H18BrNO2/c1-15-13-18(20)11-10-17(15)9-5-6-12-21-19(22)23-14-16-7-3-2-4-8-16/h2-4,7-8,10-11,13H,6,12,14H2,1H3,(H,21,22). The van der Waals surface area contributed by atoms with Crippen LogP contribution in [0.3, 0.4) is 0 Å². The summed E-state index contributed by atoms with van der Waals surface area (Å²) in [5.41, 5.74) is 3.09. The number of hydrogen-bond donors (Lipinski definition) is 1. The third-order valence-corrected chi connectivity index (χ3v) is 3.64. The molecule has 23 heavy (non-hydrogen) atoms. The number of carbonyl (C=O) groups is 1. The Balaban J connectivity index is 1.69. The number of halogens is 1. The highest BCUT2D eigenvalue weighted by Gasteiger charge is 2.00. The van der Waals surface area contributed by atoms with Crippen molar-refractivity contribution in [3.63, 3.8) is 0 Å². The first kappa shape index (κ1) is 17.1. The summed E-state index contributed by atoms with van der Waals surface area (Å²) in [6.45, 7) is 2.76. The van der Waals surface area contributed by atoms with Crippen LogP contribution >= 0.6 is 15.9 Å². The number of amides is 1. The number of nitrogens with one attached hydrogen (secondary N) is 1. The average Bonchev–Trinajstić information content (AvgIpc) is 2.55. The predicted molar refractivity (Wildman–Crippen MR) is 95.0 cm³/mol. The van der Waals surface area contributed by atoms with E-state index >= 15 is 0 Å². The summed E-state index contributed by atoms with van der Waals surface area (Å²) in [5.74, 6) is 6.16. The molecule has 2 rings (SSSR count). The number of ether oxygens (including phenoxy) is 1. The van der Waals surface area contributed by atoms with E-state index in [4.69, 9.17) is 4.74 Å². The Morgan fingerprint density at radius 1 is 1.22 bits per heavy atom. The van der Waals surface area contributed by atoms with Crippen molar-refractivity contribution < 1.29 is 9.53 Å². The van der Waals surface area contributed by atoms with Crippen LogP contribution in [0.15, 0.2) is 53.0 Å². The molecule has 0 radical (unpaired) electrons. The Bertz CT molecular complexity index is 717. The topological polar surface area (TPSA) is 38.3 Å². The van der Waals surface area contributed by atoms with E-state index in [1.54, 1.807) is 0 Å². The van der Waals surface area contributed by atoms with Crippen LogP contribution in [0, 0.1) is 18.8 Å². The third kappa shape index (κ3) is 6.17. The van der Waals surface area contributed by atoms with Crippen LogP contribution in [0.5, 0.6) is 0 Å². The minimum Gasteiger partial charge on any atom is -0.445 e. The number of hydrogen-bond acceptors (Lipinski definition) is 2. The molecular formula is C19H18BrNO2. The lowest BCUT2D eigenvalue weighted by Crippen LogP contribution is -2.24. The Kier molecular flexibility index (Phi) is 6.71. The highest BCUT2D eigenvalue weighted by atomic mass is 79.9. The average molecular weight is 372 g/mol. The van der Waals surface area contributed by atoms with Gasteiger partial charge in [-0.05, 0) is 36.2 Å². The molecular weight excluding hydrogens is 354 g/mol. The molecule has 0 aromatic heterocycles. The van der Waals surface area contributed by atoms with Gasteiger partial charge in [-0.2, -0.15) is 0 Å². The fraction of sp³-hybridized carbons (Fsp3) is 0.211. The lowest BCUT2D eigenvalue weighted by Gasteiger charge is -2.05. The molecule has 0 unspecified atom stereocenters. The fourth-order valence-corrected chi connectivity index (χ4v) is 2.40. The van der Waals surface area contributed by atoms with Gasteiger partial charge in [0, 0.05) is 23.0 Å². The van der Waals surface area contributed by atoms with Gasteiger partial charge in [0.05, 0.1) is 0 Å². The van der Waals surface area contributed by atoms with Gasteiger partial charge in [0.1, 0.15) is 6.61 Å². The quantitative estimate of drug-likeness (QED) is 0.637. The summed E-state index contributed by atoms with van der Waals surface area (Å²) in [6, 6.07) is 15.6. The van der Waals surface area contributed by atoms with E-state index in [0.717, 1.165) is 21.2 Å². The molecule has 4 heteroatoms. The molecule has 2 aromatic carbocycles. The monoisotopic (exact) mass is 371 g/mol. The molecule has 0 bridgehead atoms. The first-order valence-corrected chi connectivity index (χ1v) is 8.14. The van der Waals surface area contributed by atoms with E-state index in [-0.39, 0.29) is 6.61 Å². The largest absolute Gasteiger partial charge is 0.445 e. The summed E-state index contributed by atoms with van der Waals surface area (Å²) in [4.78, 5) is 11.6. The minimum atomic E-state index is -0.421. The normalized spacial score (nSPS) is 9.65. The van der Waals surface area contributed by atoms with Crippen LogP contribution < -0.4 is 5.32 Å². The number of carbonyl (C=O) groups excluding carboxylic acids is 1. The molecule has 0 saturated heterocycles. The molecule has 0 heterocycles. The van der Waals surface area contributed by atoms with E-state index in [0.29, 0.717) is 13.0 Å². The lowest BCUT2D eigenvalue weighted by molar-refractivity contribution is 0.140. The smallest absolute Gasteiger partial charge is 0.407 e. The van der Waals surface area contributed by atoms with E-state index in [9.17, 15) is 4.79 Å². The highest BCUT2D eigenvalue weighted by Crippen LogP contribution is 2.14. The Hall–Kier alpha value is -2.25. The molecule has 0 atom stereocenters. The van der Waals surface area contributed by atoms with Crippen LogP contribution in [0.4, 0.5) is 4.79 Å². The second kappa shape index (κ2) is 9.02. The molecule has 2 aromatic rings. The van der Waals surface area contributed by atoms with Crippen molar-refractivity contribution in [2.45, 2.75) is 20.0 Å². The molecule has 0 fully saturated rings. The molecule has 0 aliphatic rings. The zero-order valence-electron chi connectivity index (χ0n) is 12.9. The number of benzene rings is 2. The van der Waals surface area contributed by atoms with Crippen LogP contribution in [-0.2, 0) is 11.3 Å². The van der Waals surface area contributed by atoms with Crippen LogP contribution in [0.1, 0.15) is 23.1 Å². The maximum atomic E-state index is 11.6. The molecule has 1 amide bonds. The van der Waals surface area contributed by atoms with Gasteiger partial charge in [0.2, 0.25) is 0 Å². The third-order valence-electron chi connectivity index (χ3n) is 3.14. The van der Waals surface area contributed by atoms with Crippen LogP contribution in [-0.4, -0.2) is 12.6 Å². The van der Waals surface area contributed by atoms with Gasteiger partial charge in [-0.3, -0.25) is 0 Å². The summed E-state index contributed by atoms with van der Waals surface area (Å²) < 4.78 is 6.17. The second-order valence-corrected chi connectivity index (χ2v) is 5.92. The minimum absolute atomic E-state index is 0.274. The summed E-state index contributed by atoms with van der Waals surface area (Å²) in [7, 11) is 0. The molecule has 0 aliphatic carbocycles. The van der Waals surface area contributed by atoms with Gasteiger partial charge in [0.25, 0.3) is 0 Å². The highest BCUT2D eigenvalue weighted by molar-refractivity contribution is 9.10. The molecule has 0 spiro atoms. The van der Waals surface area contributed by atoms with E-state index < -0.39 is 6.09 Å². The number of rotatable bonds is 4. The molecule has 0 aliphatic heterocycles. The first-order valence-electron chi connectivity index (χ1n) is 7.35. The van der Waals surface area contributed by atoms with Crippen LogP contribution in [0.2, 0.25) is 0 Å². The Morgan fingerprint density at radius 3 is 2.74 bits per heavy atom. The van der Waals surface area contributed by atoms with Gasteiger partial charge in [-0.15, -0.1) is 0 Å². The van der Waals surface area contributed by atoms with E-state index in [1.807, 2.05) is 55.5 Å². The van der Waals surface area contributed by atoms with Crippen molar-refractivity contribution in [3.8, 4) is 11.8 Å². The van der Waals surface area contributed by atoms with Gasteiger partial charge < -0.3 is 10.1 Å². The van der Waals surface area contributed by atoms with Gasteiger partial charge in [-0.25, -0.2) is 4.79 Å². The van der Waals surface area contributed by atoms with E-state index in [2.05, 4.69) is 33.1 Å². The molecule has 3 nitrogen and oxygen atoms in total. The number of aryl methyl sites for hydroxylation is 1. The molecule has 1 N–H and O–H groups in total. The van der Waals surface area contributed by atoms with E-state index in [1.165, 1.54) is 0 Å². The first-order chi connectivity index (χ1) is 11.1. The molecule has 0 saturated carbocycles. The van der Waals surface area contributed by atoms with Crippen LogP contribution in [0.25, 0.3) is 0 Å². The van der Waals surface area contributed by atoms with Crippen molar-refractivity contribution in [1.82, 2.24) is 5.32 Å². The number of alkyl carbamates (subject to hydrolysis) is 1.